The van der Waals surface area contributed by atoms with Gasteiger partial charge in [-0.2, -0.15) is 0 Å². The summed E-state index contributed by atoms with van der Waals surface area (Å²) < 4.78 is 5.92. The lowest BCUT2D eigenvalue weighted by Crippen LogP contribution is -2.11. The molecule has 3 rings (SSSR count). The third kappa shape index (κ3) is 5.68. The normalized spacial score (nSPS) is 12.2. The second-order valence-electron chi connectivity index (χ2n) is 7.08. The summed E-state index contributed by atoms with van der Waals surface area (Å²) >= 11 is 7.99. The maximum Gasteiger partial charge on any atom is 0.188 e. The quantitative estimate of drug-likeness (QED) is 0.458. The SMILES string of the molecule is CC(C)CC(C)COc1ccc(-c2ccnc(Nc3nccs3)c2)cc1Cl. The second kappa shape index (κ2) is 9.20. The van der Waals surface area contributed by atoms with Gasteiger partial charge in [-0.15, -0.1) is 11.3 Å². The lowest BCUT2D eigenvalue weighted by molar-refractivity contribution is 0.239. The van der Waals surface area contributed by atoms with E-state index >= 15 is 0 Å². The first-order valence-corrected chi connectivity index (χ1v) is 10.3. The molecular weight excluding hydrogens is 378 g/mol. The number of ether oxygens (including phenoxy) is 1. The van der Waals surface area contributed by atoms with E-state index in [1.165, 1.54) is 11.3 Å². The number of halogens is 1. The van der Waals surface area contributed by atoms with Crippen LogP contribution in [-0.4, -0.2) is 16.6 Å². The summed E-state index contributed by atoms with van der Waals surface area (Å²) in [6.45, 7) is 7.33. The van der Waals surface area contributed by atoms with E-state index in [2.05, 4.69) is 36.1 Å². The fraction of sp³-hybridized carbons (Fsp3) is 0.333. The molecule has 0 fully saturated rings. The zero-order valence-corrected chi connectivity index (χ0v) is 17.3. The molecule has 142 valence electrons. The molecule has 27 heavy (non-hydrogen) atoms. The van der Waals surface area contributed by atoms with Crippen molar-refractivity contribution in [3.05, 3.63) is 53.1 Å². The van der Waals surface area contributed by atoms with E-state index in [0.29, 0.717) is 23.5 Å². The Hall–Kier alpha value is -2.11. The van der Waals surface area contributed by atoms with Crippen molar-refractivity contribution in [1.29, 1.82) is 0 Å². The van der Waals surface area contributed by atoms with Crippen LogP contribution in [0.3, 0.4) is 0 Å². The molecule has 0 aliphatic rings. The number of hydrogen-bond donors (Lipinski definition) is 1. The predicted molar refractivity (Wildman–Crippen MR) is 114 cm³/mol. The van der Waals surface area contributed by atoms with Crippen LogP contribution in [0, 0.1) is 11.8 Å². The molecule has 1 atom stereocenters. The molecule has 3 aromatic rings. The third-order valence-corrected chi connectivity index (χ3v) is 5.07. The van der Waals surface area contributed by atoms with Crippen LogP contribution >= 0.6 is 22.9 Å². The number of nitrogens with zero attached hydrogens (tertiary/aromatic N) is 2. The summed E-state index contributed by atoms with van der Waals surface area (Å²) in [4.78, 5) is 8.57. The third-order valence-electron chi connectivity index (χ3n) is 4.09. The van der Waals surface area contributed by atoms with Gasteiger partial charge in [-0.25, -0.2) is 9.97 Å². The monoisotopic (exact) mass is 401 g/mol. The van der Waals surface area contributed by atoms with Gasteiger partial charge in [0.25, 0.3) is 0 Å². The van der Waals surface area contributed by atoms with E-state index in [4.69, 9.17) is 16.3 Å². The standard InChI is InChI=1S/C21H24ClN3OS/c1-14(2)10-15(3)13-26-19-5-4-16(11-18(19)22)17-6-7-23-20(12-17)25-21-24-8-9-27-21/h4-9,11-12,14-15H,10,13H2,1-3H3,(H,23,24,25). The van der Waals surface area contributed by atoms with Gasteiger partial charge in [-0.1, -0.05) is 38.4 Å². The number of aromatic nitrogens is 2. The first-order chi connectivity index (χ1) is 13.0. The number of anilines is 2. The van der Waals surface area contributed by atoms with E-state index in [-0.39, 0.29) is 0 Å². The van der Waals surface area contributed by atoms with Gasteiger partial charge >= 0.3 is 0 Å². The van der Waals surface area contributed by atoms with Crippen molar-refractivity contribution in [2.24, 2.45) is 11.8 Å². The highest BCUT2D eigenvalue weighted by atomic mass is 35.5. The molecule has 1 aromatic carbocycles. The maximum atomic E-state index is 6.46. The zero-order chi connectivity index (χ0) is 19.2. The van der Waals surface area contributed by atoms with Gasteiger partial charge in [0.2, 0.25) is 0 Å². The van der Waals surface area contributed by atoms with E-state index in [0.717, 1.165) is 34.2 Å². The Kier molecular flexibility index (Phi) is 6.69. The average Bonchev–Trinajstić information content (AvgIpc) is 3.13. The minimum absolute atomic E-state index is 0.500. The van der Waals surface area contributed by atoms with E-state index in [1.807, 2.05) is 35.7 Å². The summed E-state index contributed by atoms with van der Waals surface area (Å²) in [7, 11) is 0. The van der Waals surface area contributed by atoms with Crippen molar-refractivity contribution >= 4 is 33.9 Å². The number of thiazole rings is 1. The van der Waals surface area contributed by atoms with Crippen molar-refractivity contribution < 1.29 is 4.74 Å². The lowest BCUT2D eigenvalue weighted by Gasteiger charge is -2.16. The van der Waals surface area contributed by atoms with Crippen LogP contribution in [0.4, 0.5) is 10.9 Å². The Morgan fingerprint density at radius 1 is 1.07 bits per heavy atom. The number of hydrogen-bond acceptors (Lipinski definition) is 5. The first-order valence-electron chi connectivity index (χ1n) is 9.06. The number of rotatable bonds is 8. The van der Waals surface area contributed by atoms with Crippen molar-refractivity contribution in [3.8, 4) is 16.9 Å². The fourth-order valence-electron chi connectivity index (χ4n) is 2.98. The van der Waals surface area contributed by atoms with E-state index in [1.54, 1.807) is 12.4 Å². The van der Waals surface area contributed by atoms with Crippen LogP contribution in [0.15, 0.2) is 48.1 Å². The first kappa shape index (κ1) is 19.6. The van der Waals surface area contributed by atoms with Crippen LogP contribution in [0.1, 0.15) is 27.2 Å². The molecule has 0 aliphatic carbocycles. The Morgan fingerprint density at radius 3 is 2.59 bits per heavy atom. The average molecular weight is 402 g/mol. The minimum atomic E-state index is 0.500. The summed E-state index contributed by atoms with van der Waals surface area (Å²) in [5, 5.41) is 6.57. The number of nitrogens with one attached hydrogen (secondary N) is 1. The van der Waals surface area contributed by atoms with Crippen LogP contribution in [-0.2, 0) is 0 Å². The van der Waals surface area contributed by atoms with Crippen molar-refractivity contribution in [3.63, 3.8) is 0 Å². The summed E-state index contributed by atoms with van der Waals surface area (Å²) in [6, 6.07) is 9.85. The van der Waals surface area contributed by atoms with E-state index in [9.17, 15) is 0 Å². The molecule has 0 aliphatic heterocycles. The Balaban J connectivity index is 1.70. The van der Waals surface area contributed by atoms with Crippen LogP contribution in [0.2, 0.25) is 5.02 Å². The summed E-state index contributed by atoms with van der Waals surface area (Å²) in [6.07, 6.45) is 4.68. The Morgan fingerprint density at radius 2 is 1.89 bits per heavy atom. The van der Waals surface area contributed by atoms with E-state index < -0.39 is 0 Å². The molecule has 0 radical (unpaired) electrons. The molecule has 2 aromatic heterocycles. The van der Waals surface area contributed by atoms with Gasteiger partial charge in [0, 0.05) is 17.8 Å². The molecule has 1 unspecified atom stereocenters. The topological polar surface area (TPSA) is 47.0 Å². The van der Waals surface area contributed by atoms with Gasteiger partial charge in [0.1, 0.15) is 11.6 Å². The molecule has 0 saturated carbocycles. The zero-order valence-electron chi connectivity index (χ0n) is 15.8. The van der Waals surface area contributed by atoms with Crippen LogP contribution in [0.5, 0.6) is 5.75 Å². The Labute approximate surface area is 169 Å². The van der Waals surface area contributed by atoms with Gasteiger partial charge in [0.05, 0.1) is 11.6 Å². The molecule has 0 saturated heterocycles. The minimum Gasteiger partial charge on any atom is -0.492 e. The summed E-state index contributed by atoms with van der Waals surface area (Å²) in [5.41, 5.74) is 2.05. The molecule has 2 heterocycles. The number of pyridine rings is 1. The molecular formula is C21H24ClN3OS. The molecule has 4 nitrogen and oxygen atoms in total. The van der Waals surface area contributed by atoms with Crippen molar-refractivity contribution in [2.75, 3.05) is 11.9 Å². The van der Waals surface area contributed by atoms with Crippen LogP contribution in [0.25, 0.3) is 11.1 Å². The fourth-order valence-corrected chi connectivity index (χ4v) is 3.75. The molecule has 0 spiro atoms. The van der Waals surface area contributed by atoms with Crippen molar-refractivity contribution in [1.82, 2.24) is 9.97 Å². The van der Waals surface area contributed by atoms with Gasteiger partial charge in [0.15, 0.2) is 5.13 Å². The highest BCUT2D eigenvalue weighted by Gasteiger charge is 2.10. The highest BCUT2D eigenvalue weighted by molar-refractivity contribution is 7.13. The largest absolute Gasteiger partial charge is 0.492 e. The number of benzene rings is 1. The molecule has 6 heteroatoms. The Bertz CT molecular complexity index is 868. The molecule has 0 amide bonds. The smallest absolute Gasteiger partial charge is 0.188 e. The summed E-state index contributed by atoms with van der Waals surface area (Å²) in [5.74, 6) is 2.65. The van der Waals surface area contributed by atoms with Crippen LogP contribution < -0.4 is 10.1 Å². The second-order valence-corrected chi connectivity index (χ2v) is 8.38. The predicted octanol–water partition coefficient (Wildman–Crippen LogP) is 6.66. The van der Waals surface area contributed by atoms with Gasteiger partial charge in [-0.05, 0) is 53.6 Å². The lowest BCUT2D eigenvalue weighted by atomic mass is 10.00. The maximum absolute atomic E-state index is 6.46. The van der Waals surface area contributed by atoms with Gasteiger partial charge < -0.3 is 10.1 Å². The highest BCUT2D eigenvalue weighted by Crippen LogP contribution is 2.32. The van der Waals surface area contributed by atoms with Crippen molar-refractivity contribution in [2.45, 2.75) is 27.2 Å². The molecule has 1 N–H and O–H groups in total. The van der Waals surface area contributed by atoms with Gasteiger partial charge in [-0.3, -0.25) is 0 Å². The molecule has 0 bridgehead atoms.